The molecule has 0 amide bonds. The van der Waals surface area contributed by atoms with Crippen molar-refractivity contribution >= 4 is 46.4 Å². The molecule has 5 rings (SSSR count). The molecule has 2 aliphatic rings. The van der Waals surface area contributed by atoms with E-state index in [9.17, 15) is 14.9 Å². The molecule has 1 unspecified atom stereocenters. The molecule has 1 aliphatic carbocycles. The van der Waals surface area contributed by atoms with Crippen molar-refractivity contribution in [3.05, 3.63) is 91.1 Å². The molecule has 0 fully saturated rings. The summed E-state index contributed by atoms with van der Waals surface area (Å²) in [5, 5.41) is 14.3. The van der Waals surface area contributed by atoms with Crippen LogP contribution in [0.2, 0.25) is 5.02 Å². The summed E-state index contributed by atoms with van der Waals surface area (Å²) in [6, 6.07) is 8.19. The van der Waals surface area contributed by atoms with Crippen LogP contribution in [-0.4, -0.2) is 22.1 Å². The maximum Gasteiger partial charge on any atom is 0.264 e. The van der Waals surface area contributed by atoms with Crippen LogP contribution in [-0.2, 0) is 0 Å². The second-order valence-electron chi connectivity index (χ2n) is 8.34. The van der Waals surface area contributed by atoms with E-state index in [1.807, 2.05) is 49.4 Å². The van der Waals surface area contributed by atoms with Gasteiger partial charge in [0.25, 0.3) is 5.56 Å². The molecule has 9 heteroatoms. The first kappa shape index (κ1) is 22.7. The Balaban J connectivity index is 1.65. The normalized spacial score (nSPS) is 17.5. The molecular formula is C26H21ClN6O2. The van der Waals surface area contributed by atoms with Gasteiger partial charge in [-0.25, -0.2) is 9.98 Å². The average Bonchev–Trinajstić information content (AvgIpc) is 3.07. The number of benzene rings is 1. The van der Waals surface area contributed by atoms with E-state index < -0.39 is 17.5 Å². The van der Waals surface area contributed by atoms with E-state index in [1.54, 1.807) is 16.8 Å². The van der Waals surface area contributed by atoms with E-state index in [1.165, 1.54) is 12.5 Å². The molecule has 1 aromatic carbocycles. The van der Waals surface area contributed by atoms with Crippen LogP contribution in [0.15, 0.2) is 68.3 Å². The molecule has 3 aromatic rings. The molecule has 0 radical (unpaired) electrons. The molecule has 0 saturated heterocycles. The zero-order valence-corrected chi connectivity index (χ0v) is 19.6. The zero-order valence-electron chi connectivity index (χ0n) is 18.8. The summed E-state index contributed by atoms with van der Waals surface area (Å²) in [5.74, 6) is 0.330. The highest BCUT2D eigenvalue weighted by molar-refractivity contribution is 6.35. The smallest absolute Gasteiger partial charge is 0.264 e. The first-order chi connectivity index (χ1) is 17.0. The highest BCUT2D eigenvalue weighted by Gasteiger charge is 2.25. The number of hydrogen-bond donors (Lipinski definition) is 2. The SMILES string of the molecule is CC(N[C@@H]1C=NC=Nc2[nH]cc(C#N)c(=O)c21)c1cc2cccc(Cl)c2c(=O)n1C1=CCCC=C1. The maximum absolute atomic E-state index is 13.7. The fourth-order valence-corrected chi connectivity index (χ4v) is 4.74. The second-order valence-corrected chi connectivity index (χ2v) is 8.74. The van der Waals surface area contributed by atoms with Gasteiger partial charge in [0.05, 0.1) is 22.0 Å². The van der Waals surface area contributed by atoms with Crippen molar-refractivity contribution < 1.29 is 0 Å². The van der Waals surface area contributed by atoms with Crippen molar-refractivity contribution in [1.29, 1.82) is 5.26 Å². The van der Waals surface area contributed by atoms with Crippen molar-refractivity contribution in [2.75, 3.05) is 0 Å². The standard InChI is InChI=1S/C26H21ClN6O2/c1-15(32-20-13-29-14-31-25-23(20)24(34)17(11-28)12-30-25)21-10-16-6-5-9-19(27)22(16)26(35)33(21)18-7-3-2-4-8-18/h3,5-10,12-15,20,32H,2,4H2,1H3,(H,30,34)/t15?,20-/m1/s1. The van der Waals surface area contributed by atoms with Gasteiger partial charge >= 0.3 is 0 Å². The lowest BCUT2D eigenvalue weighted by Gasteiger charge is -2.25. The molecule has 8 nitrogen and oxygen atoms in total. The lowest BCUT2D eigenvalue weighted by Crippen LogP contribution is -2.34. The highest BCUT2D eigenvalue weighted by Crippen LogP contribution is 2.29. The molecule has 0 bridgehead atoms. The van der Waals surface area contributed by atoms with Gasteiger partial charge in [-0.3, -0.25) is 19.5 Å². The lowest BCUT2D eigenvalue weighted by atomic mass is 10.0. The van der Waals surface area contributed by atoms with Gasteiger partial charge in [0.15, 0.2) is 0 Å². The molecule has 174 valence electrons. The number of nitrogens with one attached hydrogen (secondary N) is 2. The number of nitriles is 1. The highest BCUT2D eigenvalue weighted by atomic mass is 35.5. The molecule has 2 atom stereocenters. The van der Waals surface area contributed by atoms with E-state index in [0.717, 1.165) is 23.9 Å². The quantitative estimate of drug-likeness (QED) is 0.565. The predicted octanol–water partition coefficient (Wildman–Crippen LogP) is 4.54. The minimum atomic E-state index is -0.644. The van der Waals surface area contributed by atoms with Crippen LogP contribution in [0.1, 0.15) is 48.7 Å². The van der Waals surface area contributed by atoms with Gasteiger partial charge in [-0.15, -0.1) is 0 Å². The van der Waals surface area contributed by atoms with E-state index in [4.69, 9.17) is 11.6 Å². The number of aromatic nitrogens is 2. The molecular weight excluding hydrogens is 464 g/mol. The monoisotopic (exact) mass is 484 g/mol. The minimum absolute atomic E-state index is 0.0107. The van der Waals surface area contributed by atoms with Crippen molar-refractivity contribution in [3.8, 4) is 6.07 Å². The fourth-order valence-electron chi connectivity index (χ4n) is 4.48. The van der Waals surface area contributed by atoms with Crippen LogP contribution in [0, 0.1) is 11.3 Å². The Labute approximate surface area is 205 Å². The largest absolute Gasteiger partial charge is 0.345 e. The topological polar surface area (TPSA) is 115 Å². The van der Waals surface area contributed by atoms with Crippen LogP contribution in [0.4, 0.5) is 5.82 Å². The van der Waals surface area contributed by atoms with Gasteiger partial charge in [-0.2, -0.15) is 5.26 Å². The van der Waals surface area contributed by atoms with Crippen LogP contribution in [0.5, 0.6) is 0 Å². The average molecular weight is 485 g/mol. The minimum Gasteiger partial charge on any atom is -0.345 e. The van der Waals surface area contributed by atoms with E-state index in [0.29, 0.717) is 27.5 Å². The molecule has 0 spiro atoms. The Morgan fingerprint density at radius 3 is 2.94 bits per heavy atom. The summed E-state index contributed by atoms with van der Waals surface area (Å²) in [7, 11) is 0. The Bertz CT molecular complexity index is 1620. The number of rotatable bonds is 4. The number of H-pyrrole nitrogens is 1. The second kappa shape index (κ2) is 9.29. The van der Waals surface area contributed by atoms with Crippen LogP contribution < -0.4 is 16.3 Å². The summed E-state index contributed by atoms with van der Waals surface area (Å²) in [6.07, 6.45) is 12.0. The van der Waals surface area contributed by atoms with E-state index in [-0.39, 0.29) is 11.1 Å². The molecule has 2 N–H and O–H groups in total. The summed E-state index contributed by atoms with van der Waals surface area (Å²) in [5.41, 5.74) is 1.13. The number of pyridine rings is 2. The van der Waals surface area contributed by atoms with Crippen LogP contribution >= 0.6 is 11.6 Å². The number of aliphatic imine (C=N–C) groups is 2. The molecule has 35 heavy (non-hydrogen) atoms. The molecule has 1 aliphatic heterocycles. The van der Waals surface area contributed by atoms with Crippen molar-refractivity contribution in [3.63, 3.8) is 0 Å². The summed E-state index contributed by atoms with van der Waals surface area (Å²) >= 11 is 6.42. The third-order valence-electron chi connectivity index (χ3n) is 6.15. The number of aromatic amines is 1. The summed E-state index contributed by atoms with van der Waals surface area (Å²) in [4.78, 5) is 38.0. The summed E-state index contributed by atoms with van der Waals surface area (Å²) < 4.78 is 1.67. The predicted molar refractivity (Wildman–Crippen MR) is 139 cm³/mol. The number of allylic oxidation sites excluding steroid dienone is 4. The fraction of sp³-hybridized carbons (Fsp3) is 0.192. The van der Waals surface area contributed by atoms with Gasteiger partial charge in [0.1, 0.15) is 23.8 Å². The third kappa shape index (κ3) is 4.05. The van der Waals surface area contributed by atoms with Gasteiger partial charge in [0, 0.05) is 29.8 Å². The van der Waals surface area contributed by atoms with Crippen molar-refractivity contribution in [2.45, 2.75) is 31.8 Å². The third-order valence-corrected chi connectivity index (χ3v) is 6.46. The molecule has 0 saturated carbocycles. The Hall–Kier alpha value is -4.06. The molecule has 2 aromatic heterocycles. The molecule has 3 heterocycles. The first-order valence-corrected chi connectivity index (χ1v) is 11.6. The van der Waals surface area contributed by atoms with E-state index >= 15 is 0 Å². The number of halogens is 1. The lowest BCUT2D eigenvalue weighted by molar-refractivity contribution is 0.527. The number of nitrogens with zero attached hydrogens (tertiary/aromatic N) is 4. The van der Waals surface area contributed by atoms with Crippen LogP contribution in [0.3, 0.4) is 0 Å². The Morgan fingerprint density at radius 1 is 1.31 bits per heavy atom. The van der Waals surface area contributed by atoms with Crippen molar-refractivity contribution in [1.82, 2.24) is 14.9 Å². The Kier molecular flexibility index (Phi) is 6.03. The van der Waals surface area contributed by atoms with Crippen LogP contribution in [0.25, 0.3) is 16.5 Å². The van der Waals surface area contributed by atoms with Crippen molar-refractivity contribution in [2.24, 2.45) is 9.98 Å². The number of hydrogen-bond acceptors (Lipinski definition) is 6. The van der Waals surface area contributed by atoms with Gasteiger partial charge in [-0.1, -0.05) is 35.9 Å². The zero-order chi connectivity index (χ0) is 24.5. The first-order valence-electron chi connectivity index (χ1n) is 11.2. The van der Waals surface area contributed by atoms with Gasteiger partial charge in [0.2, 0.25) is 5.43 Å². The maximum atomic E-state index is 13.7. The number of fused-ring (bicyclic) bond motifs is 2. The Morgan fingerprint density at radius 2 is 2.17 bits per heavy atom. The van der Waals surface area contributed by atoms with Gasteiger partial charge < -0.3 is 4.98 Å². The van der Waals surface area contributed by atoms with Gasteiger partial charge in [-0.05, 0) is 43.4 Å². The summed E-state index contributed by atoms with van der Waals surface area (Å²) in [6.45, 7) is 1.91. The van der Waals surface area contributed by atoms with E-state index in [2.05, 4.69) is 20.3 Å².